The maximum atomic E-state index is 12.8. The Hall–Kier alpha value is -1.89. The highest BCUT2D eigenvalue weighted by Gasteiger charge is 2.46. The molecule has 2 fully saturated rings. The zero-order chi connectivity index (χ0) is 18.1. The Morgan fingerprint density at radius 3 is 2.73 bits per heavy atom. The highest BCUT2D eigenvalue weighted by molar-refractivity contribution is 7.16. The summed E-state index contributed by atoms with van der Waals surface area (Å²) in [6.07, 6.45) is 1.18. The van der Waals surface area contributed by atoms with E-state index < -0.39 is 6.04 Å². The summed E-state index contributed by atoms with van der Waals surface area (Å²) in [5, 5.41) is 6.36. The molecule has 5 nitrogen and oxygen atoms in total. The molecule has 2 aromatic rings. The fraction of sp³-hybridized carbons (Fsp3) is 0.368. The van der Waals surface area contributed by atoms with Crippen molar-refractivity contribution < 1.29 is 9.59 Å². The highest BCUT2D eigenvalue weighted by Crippen LogP contribution is 2.25. The fourth-order valence-electron chi connectivity index (χ4n) is 3.69. The quantitative estimate of drug-likeness (QED) is 0.824. The molecule has 2 amide bonds. The SMILES string of the molecule is O=C1N[C@H](Cc2ccccc2)C(=O)N2C[C@@H](NCc3ccc(Cl)s3)C[C@@H]12. The predicted octanol–water partition coefficient (Wildman–Crippen LogP) is 2.20. The minimum Gasteiger partial charge on any atom is -0.342 e. The third-order valence-electron chi connectivity index (χ3n) is 4.98. The van der Waals surface area contributed by atoms with Gasteiger partial charge in [-0.1, -0.05) is 41.9 Å². The summed E-state index contributed by atoms with van der Waals surface area (Å²) >= 11 is 7.50. The zero-order valence-electron chi connectivity index (χ0n) is 14.2. The van der Waals surface area contributed by atoms with Crippen molar-refractivity contribution in [3.63, 3.8) is 0 Å². The van der Waals surface area contributed by atoms with Gasteiger partial charge in [-0.25, -0.2) is 0 Å². The van der Waals surface area contributed by atoms with Crippen molar-refractivity contribution in [1.29, 1.82) is 0 Å². The van der Waals surface area contributed by atoms with Crippen molar-refractivity contribution >= 4 is 34.8 Å². The molecule has 0 bridgehead atoms. The van der Waals surface area contributed by atoms with Crippen LogP contribution in [-0.4, -0.2) is 41.4 Å². The Morgan fingerprint density at radius 1 is 1.19 bits per heavy atom. The number of hydrogen-bond donors (Lipinski definition) is 2. The molecule has 136 valence electrons. The van der Waals surface area contributed by atoms with Crippen LogP contribution in [0.25, 0.3) is 0 Å². The second-order valence-corrected chi connectivity index (χ2v) is 8.58. The Labute approximate surface area is 161 Å². The summed E-state index contributed by atoms with van der Waals surface area (Å²) in [6, 6.07) is 12.9. The third kappa shape index (κ3) is 3.63. The Balaban J connectivity index is 1.39. The molecule has 3 atom stereocenters. The Kier molecular flexibility index (Phi) is 4.98. The number of benzene rings is 1. The van der Waals surface area contributed by atoms with Crippen molar-refractivity contribution in [2.75, 3.05) is 6.54 Å². The molecular formula is C19H20ClN3O2S. The van der Waals surface area contributed by atoms with Gasteiger partial charge in [0.2, 0.25) is 11.8 Å². The van der Waals surface area contributed by atoms with Crippen LogP contribution in [0.5, 0.6) is 0 Å². The maximum Gasteiger partial charge on any atom is 0.246 e. The van der Waals surface area contributed by atoms with Gasteiger partial charge >= 0.3 is 0 Å². The molecule has 1 aromatic carbocycles. The van der Waals surface area contributed by atoms with Crippen LogP contribution in [0.2, 0.25) is 4.34 Å². The minimum atomic E-state index is -0.476. The van der Waals surface area contributed by atoms with E-state index in [1.54, 1.807) is 16.2 Å². The topological polar surface area (TPSA) is 61.4 Å². The van der Waals surface area contributed by atoms with Crippen molar-refractivity contribution in [2.24, 2.45) is 0 Å². The minimum absolute atomic E-state index is 0.0157. The van der Waals surface area contributed by atoms with E-state index >= 15 is 0 Å². The molecule has 2 N–H and O–H groups in total. The monoisotopic (exact) mass is 389 g/mol. The second kappa shape index (κ2) is 7.39. The lowest BCUT2D eigenvalue weighted by Crippen LogP contribution is -2.61. The first-order chi connectivity index (χ1) is 12.6. The second-order valence-electron chi connectivity index (χ2n) is 6.78. The number of halogens is 1. The van der Waals surface area contributed by atoms with E-state index in [1.165, 1.54) is 0 Å². The van der Waals surface area contributed by atoms with Crippen LogP contribution in [0, 0.1) is 0 Å². The smallest absolute Gasteiger partial charge is 0.246 e. The number of rotatable bonds is 5. The van der Waals surface area contributed by atoms with Gasteiger partial charge < -0.3 is 15.5 Å². The summed E-state index contributed by atoms with van der Waals surface area (Å²) in [4.78, 5) is 28.2. The van der Waals surface area contributed by atoms with E-state index in [2.05, 4.69) is 10.6 Å². The first-order valence-corrected chi connectivity index (χ1v) is 9.92. The van der Waals surface area contributed by atoms with Gasteiger partial charge in [0.1, 0.15) is 12.1 Å². The normalized spacial score (nSPS) is 25.3. The summed E-state index contributed by atoms with van der Waals surface area (Å²) < 4.78 is 0.768. The van der Waals surface area contributed by atoms with Crippen LogP contribution >= 0.6 is 22.9 Å². The molecule has 0 saturated carbocycles. The highest BCUT2D eigenvalue weighted by atomic mass is 35.5. The molecule has 0 radical (unpaired) electrons. The predicted molar refractivity (Wildman–Crippen MR) is 102 cm³/mol. The molecule has 0 aliphatic carbocycles. The summed E-state index contributed by atoms with van der Waals surface area (Å²) in [7, 11) is 0. The van der Waals surface area contributed by atoms with Crippen molar-refractivity contribution in [3.05, 3.63) is 57.2 Å². The molecule has 2 aliphatic rings. The number of carbonyl (C=O) groups excluding carboxylic acids is 2. The Bertz CT molecular complexity index is 810. The average molecular weight is 390 g/mol. The van der Waals surface area contributed by atoms with Crippen LogP contribution in [0.4, 0.5) is 0 Å². The van der Waals surface area contributed by atoms with Gasteiger partial charge in [-0.2, -0.15) is 0 Å². The van der Waals surface area contributed by atoms with Crippen LogP contribution in [-0.2, 0) is 22.6 Å². The summed E-state index contributed by atoms with van der Waals surface area (Å²) in [5.74, 6) is -0.0316. The number of hydrogen-bond acceptors (Lipinski definition) is 4. The molecule has 7 heteroatoms. The van der Waals surface area contributed by atoms with Gasteiger partial charge in [-0.15, -0.1) is 11.3 Å². The standard InChI is InChI=1S/C19H20ClN3O2S/c20-17-7-6-14(26-17)10-21-13-9-16-18(24)22-15(19(25)23(16)11-13)8-12-4-2-1-3-5-12/h1-7,13,15-16,21H,8-11H2,(H,22,24)/t13-,15+,16-/m0/s1. The third-order valence-corrected chi connectivity index (χ3v) is 6.21. The number of fused-ring (bicyclic) bond motifs is 1. The van der Waals surface area contributed by atoms with E-state index in [-0.39, 0.29) is 23.9 Å². The maximum absolute atomic E-state index is 12.8. The first-order valence-electron chi connectivity index (χ1n) is 8.72. The van der Waals surface area contributed by atoms with Crippen molar-refractivity contribution in [3.8, 4) is 0 Å². The van der Waals surface area contributed by atoms with Crippen LogP contribution in [0.1, 0.15) is 16.9 Å². The van der Waals surface area contributed by atoms with Crippen LogP contribution in [0.15, 0.2) is 42.5 Å². The largest absolute Gasteiger partial charge is 0.342 e. The average Bonchev–Trinajstić information content (AvgIpc) is 3.25. The first kappa shape index (κ1) is 17.5. The number of thiophene rings is 1. The molecule has 0 unspecified atom stereocenters. The lowest BCUT2D eigenvalue weighted by molar-refractivity contribution is -0.147. The molecule has 1 aromatic heterocycles. The van der Waals surface area contributed by atoms with Gasteiger partial charge in [-0.05, 0) is 24.1 Å². The lowest BCUT2D eigenvalue weighted by atomic mass is 10.0. The van der Waals surface area contributed by atoms with Gasteiger partial charge in [-0.3, -0.25) is 9.59 Å². The van der Waals surface area contributed by atoms with Crippen LogP contribution in [0.3, 0.4) is 0 Å². The number of carbonyl (C=O) groups is 2. The van der Waals surface area contributed by atoms with Crippen molar-refractivity contribution in [1.82, 2.24) is 15.5 Å². The van der Waals surface area contributed by atoms with Gasteiger partial charge in [0.15, 0.2) is 0 Å². The number of nitrogens with one attached hydrogen (secondary N) is 2. The molecule has 2 saturated heterocycles. The molecular weight excluding hydrogens is 370 g/mol. The zero-order valence-corrected chi connectivity index (χ0v) is 15.7. The summed E-state index contributed by atoms with van der Waals surface area (Å²) in [6.45, 7) is 1.27. The number of nitrogens with zero attached hydrogens (tertiary/aromatic N) is 1. The number of amides is 2. The van der Waals surface area contributed by atoms with E-state index in [9.17, 15) is 9.59 Å². The van der Waals surface area contributed by atoms with Gasteiger partial charge in [0.05, 0.1) is 4.34 Å². The number of piperazine rings is 1. The van der Waals surface area contributed by atoms with Gasteiger partial charge in [0.25, 0.3) is 0 Å². The summed E-state index contributed by atoms with van der Waals surface area (Å²) in [5.41, 5.74) is 1.05. The molecule has 2 aliphatic heterocycles. The van der Waals surface area contributed by atoms with Gasteiger partial charge in [0, 0.05) is 30.4 Å². The molecule has 3 heterocycles. The molecule has 4 rings (SSSR count). The van der Waals surface area contributed by atoms with E-state index in [0.29, 0.717) is 25.9 Å². The Morgan fingerprint density at radius 2 is 2.00 bits per heavy atom. The van der Waals surface area contributed by atoms with E-state index in [1.807, 2.05) is 42.5 Å². The molecule has 26 heavy (non-hydrogen) atoms. The van der Waals surface area contributed by atoms with E-state index in [4.69, 9.17) is 11.6 Å². The molecule has 0 spiro atoms. The lowest BCUT2D eigenvalue weighted by Gasteiger charge is -2.34. The van der Waals surface area contributed by atoms with Crippen molar-refractivity contribution in [2.45, 2.75) is 37.5 Å². The van der Waals surface area contributed by atoms with E-state index in [0.717, 1.165) is 14.8 Å². The fourth-order valence-corrected chi connectivity index (χ4v) is 4.72. The van der Waals surface area contributed by atoms with Crippen LogP contribution < -0.4 is 10.6 Å².